The molecule has 0 atom stereocenters. The lowest BCUT2D eigenvalue weighted by Crippen LogP contribution is -2.04. The van der Waals surface area contributed by atoms with Crippen LogP contribution in [0.15, 0.2) is 12.1 Å². The van der Waals surface area contributed by atoms with Gasteiger partial charge < -0.3 is 4.74 Å². The van der Waals surface area contributed by atoms with Crippen LogP contribution in [0.2, 0.25) is 0 Å². The number of carbonyl (C=O) groups excluding carboxylic acids is 2. The second-order valence-electron chi connectivity index (χ2n) is 2.15. The predicted octanol–water partition coefficient (Wildman–Crippen LogP) is 2.09. The second-order valence-corrected chi connectivity index (χ2v) is 3.54. The third-order valence-corrected chi connectivity index (χ3v) is 2.44. The molecular weight excluding hydrogens is 212 g/mol. The van der Waals surface area contributed by atoms with Gasteiger partial charge in [-0.1, -0.05) is 11.3 Å². The number of Topliss-reactive ketones (excluding diaryl/α,β-unsaturated/α-hetero) is 1. The highest BCUT2D eigenvalue weighted by atomic mass is 35.5. The molecule has 1 aromatic heterocycles. The van der Waals surface area contributed by atoms with Crippen molar-refractivity contribution in [3.8, 4) is 5.06 Å². The van der Waals surface area contributed by atoms with E-state index in [1.807, 2.05) is 6.92 Å². The third kappa shape index (κ3) is 2.54. The molecule has 0 bridgehead atoms. The Labute approximate surface area is 84.3 Å². The molecule has 0 fully saturated rings. The number of ketones is 1. The third-order valence-electron chi connectivity index (χ3n) is 1.27. The van der Waals surface area contributed by atoms with E-state index in [2.05, 4.69) is 0 Å². The van der Waals surface area contributed by atoms with E-state index in [0.29, 0.717) is 16.5 Å². The molecule has 13 heavy (non-hydrogen) atoms. The Hall–Kier alpha value is -0.870. The van der Waals surface area contributed by atoms with Crippen molar-refractivity contribution in [2.24, 2.45) is 0 Å². The molecule has 0 aliphatic carbocycles. The number of carbonyl (C=O) groups is 2. The van der Waals surface area contributed by atoms with Crippen LogP contribution >= 0.6 is 22.9 Å². The Morgan fingerprint density at radius 1 is 1.54 bits per heavy atom. The van der Waals surface area contributed by atoms with Crippen molar-refractivity contribution in [1.29, 1.82) is 0 Å². The average molecular weight is 219 g/mol. The van der Waals surface area contributed by atoms with Crippen LogP contribution in [0.4, 0.5) is 0 Å². The molecule has 70 valence electrons. The van der Waals surface area contributed by atoms with Gasteiger partial charge in [0.15, 0.2) is 5.06 Å². The molecule has 0 N–H and O–H groups in total. The first-order chi connectivity index (χ1) is 6.15. The molecule has 1 heterocycles. The topological polar surface area (TPSA) is 43.4 Å². The minimum Gasteiger partial charge on any atom is -0.484 e. The smallest absolute Gasteiger partial charge is 0.294 e. The molecule has 0 saturated heterocycles. The van der Waals surface area contributed by atoms with Crippen molar-refractivity contribution in [2.45, 2.75) is 6.92 Å². The SMILES string of the molecule is CCOc1ccc(C(=O)C(=O)Cl)s1. The van der Waals surface area contributed by atoms with Crippen molar-refractivity contribution < 1.29 is 14.3 Å². The van der Waals surface area contributed by atoms with E-state index < -0.39 is 11.0 Å². The number of halogens is 1. The van der Waals surface area contributed by atoms with E-state index in [1.54, 1.807) is 6.07 Å². The van der Waals surface area contributed by atoms with E-state index in [0.717, 1.165) is 11.3 Å². The van der Waals surface area contributed by atoms with Crippen LogP contribution in [-0.2, 0) is 4.79 Å². The van der Waals surface area contributed by atoms with Gasteiger partial charge in [-0.3, -0.25) is 9.59 Å². The van der Waals surface area contributed by atoms with Gasteiger partial charge in [-0.15, -0.1) is 0 Å². The summed E-state index contributed by atoms with van der Waals surface area (Å²) in [6, 6.07) is 3.17. The number of thiophene rings is 1. The van der Waals surface area contributed by atoms with Gasteiger partial charge in [0.05, 0.1) is 11.5 Å². The molecule has 0 saturated carbocycles. The van der Waals surface area contributed by atoms with Gasteiger partial charge in [-0.05, 0) is 30.7 Å². The maximum absolute atomic E-state index is 11.0. The zero-order valence-corrected chi connectivity index (χ0v) is 8.45. The Balaban J connectivity index is 2.79. The van der Waals surface area contributed by atoms with Gasteiger partial charge in [0.25, 0.3) is 11.0 Å². The fraction of sp³-hybridized carbons (Fsp3) is 0.250. The van der Waals surface area contributed by atoms with Gasteiger partial charge in [0.2, 0.25) is 0 Å². The highest BCUT2D eigenvalue weighted by Crippen LogP contribution is 2.25. The zero-order chi connectivity index (χ0) is 9.84. The summed E-state index contributed by atoms with van der Waals surface area (Å²) in [5.74, 6) is -0.683. The van der Waals surface area contributed by atoms with Crippen LogP contribution < -0.4 is 4.74 Å². The normalized spacial score (nSPS) is 9.69. The van der Waals surface area contributed by atoms with Crippen molar-refractivity contribution in [3.05, 3.63) is 17.0 Å². The maximum atomic E-state index is 11.0. The molecule has 0 amide bonds. The summed E-state index contributed by atoms with van der Waals surface area (Å²) < 4.78 is 5.13. The average Bonchev–Trinajstić information content (AvgIpc) is 2.52. The van der Waals surface area contributed by atoms with Crippen molar-refractivity contribution >= 4 is 34.0 Å². The molecule has 5 heteroatoms. The summed E-state index contributed by atoms with van der Waals surface area (Å²) in [5.41, 5.74) is 0. The molecular formula is C8H7ClO3S. The largest absolute Gasteiger partial charge is 0.484 e. The molecule has 0 aromatic carbocycles. The Morgan fingerprint density at radius 2 is 2.23 bits per heavy atom. The zero-order valence-electron chi connectivity index (χ0n) is 6.87. The molecule has 1 aromatic rings. The summed E-state index contributed by atoms with van der Waals surface area (Å²) in [5, 5.41) is -0.353. The second kappa shape index (κ2) is 4.39. The van der Waals surface area contributed by atoms with E-state index >= 15 is 0 Å². The van der Waals surface area contributed by atoms with Crippen LogP contribution in [0.3, 0.4) is 0 Å². The molecule has 0 unspecified atom stereocenters. The van der Waals surface area contributed by atoms with Gasteiger partial charge in [-0.2, -0.15) is 0 Å². The summed E-state index contributed by atoms with van der Waals surface area (Å²) in [6.45, 7) is 2.37. The lowest BCUT2D eigenvalue weighted by Gasteiger charge is -1.94. The molecule has 0 aliphatic rings. The highest BCUT2D eigenvalue weighted by Gasteiger charge is 2.15. The van der Waals surface area contributed by atoms with Crippen molar-refractivity contribution in [1.82, 2.24) is 0 Å². The van der Waals surface area contributed by atoms with E-state index in [-0.39, 0.29) is 0 Å². The summed E-state index contributed by atoms with van der Waals surface area (Å²) >= 11 is 6.14. The fourth-order valence-electron chi connectivity index (χ4n) is 0.759. The van der Waals surface area contributed by atoms with Crippen LogP contribution in [0.25, 0.3) is 0 Å². The maximum Gasteiger partial charge on any atom is 0.294 e. The highest BCUT2D eigenvalue weighted by molar-refractivity contribution is 7.17. The van der Waals surface area contributed by atoms with Crippen LogP contribution in [0.1, 0.15) is 16.6 Å². The van der Waals surface area contributed by atoms with Crippen LogP contribution in [0.5, 0.6) is 5.06 Å². The van der Waals surface area contributed by atoms with Crippen molar-refractivity contribution in [3.63, 3.8) is 0 Å². The molecule has 0 aliphatic heterocycles. The summed E-state index contributed by atoms with van der Waals surface area (Å²) in [6.07, 6.45) is 0. The monoisotopic (exact) mass is 218 g/mol. The quantitative estimate of drug-likeness (QED) is 0.442. The van der Waals surface area contributed by atoms with E-state index in [1.165, 1.54) is 6.07 Å². The molecule has 0 spiro atoms. The Bertz CT molecular complexity index is 332. The number of rotatable bonds is 4. The predicted molar refractivity (Wildman–Crippen MR) is 50.7 cm³/mol. The van der Waals surface area contributed by atoms with Gasteiger partial charge in [0, 0.05) is 0 Å². The number of hydrogen-bond donors (Lipinski definition) is 0. The number of ether oxygens (including phenoxy) is 1. The van der Waals surface area contributed by atoms with E-state index in [4.69, 9.17) is 16.3 Å². The van der Waals surface area contributed by atoms with E-state index in [9.17, 15) is 9.59 Å². The van der Waals surface area contributed by atoms with Gasteiger partial charge >= 0.3 is 0 Å². The lowest BCUT2D eigenvalue weighted by atomic mass is 10.3. The Morgan fingerprint density at radius 3 is 2.77 bits per heavy atom. The first-order valence-electron chi connectivity index (χ1n) is 3.62. The first kappa shape index (κ1) is 10.2. The number of hydrogen-bond acceptors (Lipinski definition) is 4. The van der Waals surface area contributed by atoms with Crippen LogP contribution in [0, 0.1) is 0 Å². The lowest BCUT2D eigenvalue weighted by molar-refractivity contribution is -0.108. The fourth-order valence-corrected chi connectivity index (χ4v) is 1.77. The van der Waals surface area contributed by atoms with Gasteiger partial charge in [-0.25, -0.2) is 0 Å². The van der Waals surface area contributed by atoms with Crippen LogP contribution in [-0.4, -0.2) is 17.6 Å². The first-order valence-corrected chi connectivity index (χ1v) is 4.81. The summed E-state index contributed by atoms with van der Waals surface area (Å²) in [4.78, 5) is 21.8. The minimum atomic E-state index is -0.968. The molecule has 3 nitrogen and oxygen atoms in total. The minimum absolute atomic E-state index is 0.309. The standard InChI is InChI=1S/C8H7ClO3S/c1-2-12-6-4-3-5(13-6)7(10)8(9)11/h3-4H,2H2,1H3. The molecule has 1 rings (SSSR count). The molecule has 0 radical (unpaired) electrons. The Kier molecular flexibility index (Phi) is 3.45. The van der Waals surface area contributed by atoms with Crippen molar-refractivity contribution in [2.75, 3.05) is 6.61 Å². The summed E-state index contributed by atoms with van der Waals surface area (Å²) in [7, 11) is 0. The van der Waals surface area contributed by atoms with Gasteiger partial charge in [0.1, 0.15) is 0 Å².